The molecule has 1 nitrogen and oxygen atoms in total. The Morgan fingerprint density at radius 2 is 1.10 bits per heavy atom. The van der Waals surface area contributed by atoms with Crippen molar-refractivity contribution in [3.05, 3.63) is 47.5 Å². The van der Waals surface area contributed by atoms with Gasteiger partial charge in [-0.2, -0.15) is 0 Å². The smallest absolute Gasteiger partial charge is 0.0491 e. The molecule has 0 N–H and O–H groups in total. The summed E-state index contributed by atoms with van der Waals surface area (Å²) in [7, 11) is 2.18. The van der Waals surface area contributed by atoms with Crippen LogP contribution in [0.25, 0.3) is 21.8 Å². The van der Waals surface area contributed by atoms with E-state index in [4.69, 9.17) is 0 Å². The normalized spacial score (nSPS) is 12.2. The molecular weight excluding hydrogens is 242 g/mol. The van der Waals surface area contributed by atoms with Gasteiger partial charge in [-0.3, -0.25) is 0 Å². The molecule has 3 aromatic rings. The first-order valence-electron chi connectivity index (χ1n) is 7.51. The van der Waals surface area contributed by atoms with Gasteiger partial charge in [-0.25, -0.2) is 0 Å². The standard InChI is InChI=1S/C19H23N/c1-12(2)14-6-8-16-17-9-7-15(13(3)4)11-19(17)20(5)18(16)10-14/h6-13H,1-5H3. The number of benzene rings is 2. The molecule has 3 rings (SSSR count). The number of rotatable bonds is 2. The fraction of sp³-hybridized carbons (Fsp3) is 0.368. The molecule has 0 aliphatic heterocycles. The average molecular weight is 265 g/mol. The molecule has 104 valence electrons. The van der Waals surface area contributed by atoms with E-state index in [1.54, 1.807) is 0 Å². The van der Waals surface area contributed by atoms with Crippen molar-refractivity contribution in [2.45, 2.75) is 39.5 Å². The summed E-state index contributed by atoms with van der Waals surface area (Å²) in [4.78, 5) is 0. The second kappa shape index (κ2) is 4.66. The third-order valence-corrected chi connectivity index (χ3v) is 4.39. The molecule has 0 spiro atoms. The highest BCUT2D eigenvalue weighted by Crippen LogP contribution is 2.32. The highest BCUT2D eigenvalue weighted by Gasteiger charge is 2.11. The molecule has 0 fully saturated rings. The predicted octanol–water partition coefficient (Wildman–Crippen LogP) is 5.58. The molecule has 0 atom stereocenters. The van der Waals surface area contributed by atoms with E-state index >= 15 is 0 Å². The Labute approximate surface area is 121 Å². The van der Waals surface area contributed by atoms with Gasteiger partial charge >= 0.3 is 0 Å². The highest BCUT2D eigenvalue weighted by molar-refractivity contribution is 6.08. The molecule has 0 saturated heterocycles. The van der Waals surface area contributed by atoms with E-state index in [9.17, 15) is 0 Å². The number of aromatic nitrogens is 1. The van der Waals surface area contributed by atoms with Gasteiger partial charge in [0, 0.05) is 28.9 Å². The van der Waals surface area contributed by atoms with Crippen LogP contribution in [0.2, 0.25) is 0 Å². The zero-order valence-electron chi connectivity index (χ0n) is 13.1. The quantitative estimate of drug-likeness (QED) is 0.570. The average Bonchev–Trinajstić information content (AvgIpc) is 2.71. The molecule has 0 saturated carbocycles. The lowest BCUT2D eigenvalue weighted by atomic mass is 10.00. The molecule has 1 aromatic heterocycles. The van der Waals surface area contributed by atoms with Crippen LogP contribution in [0.5, 0.6) is 0 Å². The van der Waals surface area contributed by atoms with Gasteiger partial charge < -0.3 is 4.57 Å². The summed E-state index contributed by atoms with van der Waals surface area (Å²) in [6.45, 7) is 9.00. The summed E-state index contributed by atoms with van der Waals surface area (Å²) in [6, 6.07) is 13.8. The molecule has 0 aliphatic rings. The van der Waals surface area contributed by atoms with Crippen LogP contribution >= 0.6 is 0 Å². The fourth-order valence-electron chi connectivity index (χ4n) is 2.96. The first-order chi connectivity index (χ1) is 9.49. The van der Waals surface area contributed by atoms with Crippen molar-refractivity contribution < 1.29 is 0 Å². The molecule has 0 aliphatic carbocycles. The van der Waals surface area contributed by atoms with E-state index < -0.39 is 0 Å². The Hall–Kier alpha value is -1.76. The van der Waals surface area contributed by atoms with Crippen LogP contribution in [-0.2, 0) is 7.05 Å². The summed E-state index contributed by atoms with van der Waals surface area (Å²) in [5.41, 5.74) is 5.50. The molecule has 0 amide bonds. The van der Waals surface area contributed by atoms with Crippen molar-refractivity contribution in [1.29, 1.82) is 0 Å². The molecule has 0 radical (unpaired) electrons. The summed E-state index contributed by atoms with van der Waals surface area (Å²) >= 11 is 0. The lowest BCUT2D eigenvalue weighted by Crippen LogP contribution is -1.91. The largest absolute Gasteiger partial charge is 0.344 e. The van der Waals surface area contributed by atoms with E-state index in [1.807, 2.05) is 0 Å². The van der Waals surface area contributed by atoms with Crippen molar-refractivity contribution in [1.82, 2.24) is 4.57 Å². The zero-order chi connectivity index (χ0) is 14.4. The highest BCUT2D eigenvalue weighted by atomic mass is 14.9. The minimum Gasteiger partial charge on any atom is -0.344 e. The first-order valence-corrected chi connectivity index (χ1v) is 7.51. The van der Waals surface area contributed by atoms with Gasteiger partial charge in [-0.05, 0) is 35.1 Å². The number of aryl methyl sites for hydroxylation is 1. The molecule has 2 aromatic carbocycles. The van der Waals surface area contributed by atoms with Crippen LogP contribution in [0.3, 0.4) is 0 Å². The maximum Gasteiger partial charge on any atom is 0.0491 e. The van der Waals surface area contributed by atoms with Crippen LogP contribution in [0.15, 0.2) is 36.4 Å². The number of fused-ring (bicyclic) bond motifs is 3. The minimum absolute atomic E-state index is 0.573. The van der Waals surface area contributed by atoms with Gasteiger partial charge in [0.1, 0.15) is 0 Å². The van der Waals surface area contributed by atoms with Crippen molar-refractivity contribution in [3.63, 3.8) is 0 Å². The van der Waals surface area contributed by atoms with Crippen LogP contribution in [-0.4, -0.2) is 4.57 Å². The topological polar surface area (TPSA) is 4.93 Å². The van der Waals surface area contributed by atoms with Gasteiger partial charge in [0.25, 0.3) is 0 Å². The molecule has 20 heavy (non-hydrogen) atoms. The van der Waals surface area contributed by atoms with E-state index in [1.165, 1.54) is 32.9 Å². The van der Waals surface area contributed by atoms with Gasteiger partial charge in [-0.1, -0.05) is 52.0 Å². The van der Waals surface area contributed by atoms with Crippen LogP contribution in [0.4, 0.5) is 0 Å². The van der Waals surface area contributed by atoms with Gasteiger partial charge in [0.05, 0.1) is 0 Å². The Kier molecular flexibility index (Phi) is 3.08. The number of nitrogens with zero attached hydrogens (tertiary/aromatic N) is 1. The first kappa shape index (κ1) is 13.2. The van der Waals surface area contributed by atoms with Crippen molar-refractivity contribution in [2.75, 3.05) is 0 Å². The predicted molar refractivity (Wildman–Crippen MR) is 88.6 cm³/mol. The van der Waals surface area contributed by atoms with Crippen LogP contribution < -0.4 is 0 Å². The fourth-order valence-corrected chi connectivity index (χ4v) is 2.96. The van der Waals surface area contributed by atoms with Crippen molar-refractivity contribution >= 4 is 21.8 Å². The second-order valence-corrected chi connectivity index (χ2v) is 6.42. The second-order valence-electron chi connectivity index (χ2n) is 6.42. The lowest BCUT2D eigenvalue weighted by molar-refractivity contribution is 0.864. The zero-order valence-corrected chi connectivity index (χ0v) is 13.1. The Balaban J connectivity index is 2.34. The minimum atomic E-state index is 0.573. The van der Waals surface area contributed by atoms with E-state index in [0.717, 1.165) is 0 Å². The van der Waals surface area contributed by atoms with E-state index in [2.05, 4.69) is 75.7 Å². The summed E-state index contributed by atoms with van der Waals surface area (Å²) in [5.74, 6) is 1.15. The summed E-state index contributed by atoms with van der Waals surface area (Å²) in [6.07, 6.45) is 0. The molecule has 1 heteroatoms. The van der Waals surface area contributed by atoms with Gasteiger partial charge in [-0.15, -0.1) is 0 Å². The van der Waals surface area contributed by atoms with E-state index in [-0.39, 0.29) is 0 Å². The lowest BCUT2D eigenvalue weighted by Gasteiger charge is -2.06. The van der Waals surface area contributed by atoms with Crippen molar-refractivity contribution in [2.24, 2.45) is 7.05 Å². The third-order valence-electron chi connectivity index (χ3n) is 4.39. The van der Waals surface area contributed by atoms with Crippen molar-refractivity contribution in [3.8, 4) is 0 Å². The molecule has 0 unspecified atom stereocenters. The monoisotopic (exact) mass is 265 g/mol. The summed E-state index contributed by atoms with van der Waals surface area (Å²) in [5, 5.41) is 2.73. The number of hydrogen-bond acceptors (Lipinski definition) is 0. The van der Waals surface area contributed by atoms with Gasteiger partial charge in [0.15, 0.2) is 0 Å². The SMILES string of the molecule is CC(C)c1ccc2c3ccc(C(C)C)cc3n(C)c2c1. The Bertz CT molecular complexity index is 710. The molecular formula is C19H23N. The Morgan fingerprint density at radius 3 is 1.45 bits per heavy atom. The maximum absolute atomic E-state index is 2.34. The van der Waals surface area contributed by atoms with E-state index in [0.29, 0.717) is 11.8 Å². The number of hydrogen-bond donors (Lipinski definition) is 0. The van der Waals surface area contributed by atoms with Gasteiger partial charge in [0.2, 0.25) is 0 Å². The van der Waals surface area contributed by atoms with Crippen LogP contribution in [0.1, 0.15) is 50.7 Å². The molecule has 1 heterocycles. The maximum atomic E-state index is 2.34. The summed E-state index contributed by atoms with van der Waals surface area (Å²) < 4.78 is 2.34. The van der Waals surface area contributed by atoms with Crippen LogP contribution in [0, 0.1) is 0 Å². The molecule has 0 bridgehead atoms. The Morgan fingerprint density at radius 1 is 0.700 bits per heavy atom. The third kappa shape index (κ3) is 1.93.